The van der Waals surface area contributed by atoms with Crippen molar-refractivity contribution in [2.45, 2.75) is 18.9 Å². The highest BCUT2D eigenvalue weighted by Gasteiger charge is 2.31. The second kappa shape index (κ2) is 4.67. The van der Waals surface area contributed by atoms with Crippen molar-refractivity contribution in [2.24, 2.45) is 5.73 Å². The van der Waals surface area contributed by atoms with Gasteiger partial charge in [-0.1, -0.05) is 12.1 Å². The minimum Gasteiger partial charge on any atom is -0.496 e. The molecule has 0 heterocycles. The van der Waals surface area contributed by atoms with E-state index < -0.39 is 17.9 Å². The summed E-state index contributed by atoms with van der Waals surface area (Å²) in [7, 11) is 1.20. The van der Waals surface area contributed by atoms with E-state index >= 15 is 0 Å². The van der Waals surface area contributed by atoms with Crippen molar-refractivity contribution in [3.05, 3.63) is 29.3 Å². The summed E-state index contributed by atoms with van der Waals surface area (Å²) in [5, 5.41) is 8.78. The van der Waals surface area contributed by atoms with E-state index in [1.54, 1.807) is 0 Å². The van der Waals surface area contributed by atoms with Crippen LogP contribution in [0.3, 0.4) is 0 Å². The van der Waals surface area contributed by atoms with Crippen LogP contribution in [-0.4, -0.2) is 18.2 Å². The van der Waals surface area contributed by atoms with Crippen LogP contribution in [0.5, 0.6) is 5.75 Å². The van der Waals surface area contributed by atoms with Gasteiger partial charge in [0.15, 0.2) is 0 Å². The predicted molar refractivity (Wildman–Crippen MR) is 57.1 cm³/mol. The first kappa shape index (κ1) is 13.4. The molecule has 0 radical (unpaired) electrons. The standard InChI is InChI=1S/C11H13F2NO3/c1-11(12,13)7-5-3-4-6(9(7)17-2)8(14)10(15)16/h3-5,8H,14H2,1-2H3,(H,15,16). The second-order valence-corrected chi connectivity index (χ2v) is 3.63. The van der Waals surface area contributed by atoms with E-state index in [0.29, 0.717) is 6.92 Å². The molecule has 3 N–H and O–H groups in total. The highest BCUT2D eigenvalue weighted by Crippen LogP contribution is 2.38. The summed E-state index contributed by atoms with van der Waals surface area (Å²) in [6.45, 7) is 0.709. The fourth-order valence-corrected chi connectivity index (χ4v) is 1.51. The Labute approximate surface area is 97.0 Å². The molecule has 0 amide bonds. The molecular formula is C11H13F2NO3. The molecule has 1 atom stereocenters. The summed E-state index contributed by atoms with van der Waals surface area (Å²) in [6.07, 6.45) is 0. The fourth-order valence-electron chi connectivity index (χ4n) is 1.51. The number of carboxylic acids is 1. The molecule has 0 aliphatic rings. The number of benzene rings is 1. The summed E-state index contributed by atoms with van der Waals surface area (Å²) < 4.78 is 31.4. The van der Waals surface area contributed by atoms with Crippen molar-refractivity contribution in [3.8, 4) is 5.75 Å². The molecule has 1 aromatic rings. The first-order valence-corrected chi connectivity index (χ1v) is 4.82. The minimum atomic E-state index is -3.13. The van der Waals surface area contributed by atoms with Crippen LogP contribution < -0.4 is 10.5 Å². The number of hydrogen-bond donors (Lipinski definition) is 2. The number of aliphatic carboxylic acids is 1. The number of carboxylic acid groups (broad SMARTS) is 1. The maximum absolute atomic E-state index is 13.3. The molecule has 0 fully saturated rings. The number of hydrogen-bond acceptors (Lipinski definition) is 3. The molecule has 0 spiro atoms. The molecule has 0 aliphatic carbocycles. The zero-order chi connectivity index (χ0) is 13.2. The Balaban J connectivity index is 3.39. The first-order valence-electron chi connectivity index (χ1n) is 4.82. The van der Waals surface area contributed by atoms with Crippen LogP contribution in [0.15, 0.2) is 18.2 Å². The van der Waals surface area contributed by atoms with Gasteiger partial charge in [-0.25, -0.2) is 8.78 Å². The molecule has 4 nitrogen and oxygen atoms in total. The van der Waals surface area contributed by atoms with Crippen molar-refractivity contribution in [1.82, 2.24) is 0 Å². The smallest absolute Gasteiger partial charge is 0.325 e. The molecule has 1 aromatic carbocycles. The minimum absolute atomic E-state index is 0.0269. The third-order valence-electron chi connectivity index (χ3n) is 2.32. The molecule has 1 unspecified atom stereocenters. The largest absolute Gasteiger partial charge is 0.496 e. The van der Waals surface area contributed by atoms with Gasteiger partial charge in [0.25, 0.3) is 5.92 Å². The van der Waals surface area contributed by atoms with E-state index in [4.69, 9.17) is 15.6 Å². The van der Waals surface area contributed by atoms with Crippen molar-refractivity contribution < 1.29 is 23.4 Å². The molecule has 0 saturated heterocycles. The van der Waals surface area contributed by atoms with E-state index in [1.165, 1.54) is 25.3 Å². The Morgan fingerprint density at radius 2 is 2.12 bits per heavy atom. The Hall–Kier alpha value is -1.69. The Morgan fingerprint density at radius 1 is 1.53 bits per heavy atom. The highest BCUT2D eigenvalue weighted by atomic mass is 19.3. The summed E-state index contributed by atoms with van der Waals surface area (Å²) >= 11 is 0. The molecular weight excluding hydrogens is 232 g/mol. The van der Waals surface area contributed by atoms with Crippen molar-refractivity contribution >= 4 is 5.97 Å². The van der Waals surface area contributed by atoms with Gasteiger partial charge in [-0.05, 0) is 6.07 Å². The van der Waals surface area contributed by atoms with E-state index in [0.717, 1.165) is 0 Å². The highest BCUT2D eigenvalue weighted by molar-refractivity contribution is 5.76. The lowest BCUT2D eigenvalue weighted by Crippen LogP contribution is -2.22. The average Bonchev–Trinajstić information content (AvgIpc) is 2.25. The second-order valence-electron chi connectivity index (χ2n) is 3.63. The van der Waals surface area contributed by atoms with Gasteiger partial charge in [-0.3, -0.25) is 4.79 Å². The normalized spacial score (nSPS) is 13.2. The quantitative estimate of drug-likeness (QED) is 0.849. The SMILES string of the molecule is COc1c(C(N)C(=O)O)cccc1C(C)(F)F. The van der Waals surface area contributed by atoms with Gasteiger partial charge in [0.1, 0.15) is 11.8 Å². The first-order chi connectivity index (χ1) is 7.79. The number of carbonyl (C=O) groups is 1. The van der Waals surface area contributed by atoms with E-state index in [9.17, 15) is 13.6 Å². The topological polar surface area (TPSA) is 72.5 Å². The van der Waals surface area contributed by atoms with Crippen LogP contribution in [-0.2, 0) is 10.7 Å². The number of alkyl halides is 2. The lowest BCUT2D eigenvalue weighted by atomic mass is 9.99. The van der Waals surface area contributed by atoms with E-state index in [-0.39, 0.29) is 16.9 Å². The molecule has 0 aliphatic heterocycles. The van der Waals surface area contributed by atoms with Gasteiger partial charge >= 0.3 is 5.97 Å². The molecule has 0 saturated carbocycles. The van der Waals surface area contributed by atoms with Gasteiger partial charge in [0.2, 0.25) is 0 Å². The van der Waals surface area contributed by atoms with Gasteiger partial charge in [0.05, 0.1) is 12.7 Å². The van der Waals surface area contributed by atoms with Crippen LogP contribution in [0.25, 0.3) is 0 Å². The Kier molecular flexibility index (Phi) is 3.67. The number of ether oxygens (including phenoxy) is 1. The zero-order valence-corrected chi connectivity index (χ0v) is 9.41. The molecule has 6 heteroatoms. The van der Waals surface area contributed by atoms with Crippen LogP contribution >= 0.6 is 0 Å². The third kappa shape index (κ3) is 2.71. The van der Waals surface area contributed by atoms with E-state index in [2.05, 4.69) is 0 Å². The van der Waals surface area contributed by atoms with Crippen LogP contribution in [0, 0.1) is 0 Å². The lowest BCUT2D eigenvalue weighted by Gasteiger charge is -2.19. The summed E-state index contributed by atoms with van der Waals surface area (Å²) in [5.41, 5.74) is 5.05. The van der Waals surface area contributed by atoms with Crippen molar-refractivity contribution in [2.75, 3.05) is 7.11 Å². The monoisotopic (exact) mass is 245 g/mol. The molecule has 94 valence electrons. The van der Waals surface area contributed by atoms with E-state index in [1.807, 2.05) is 0 Å². The van der Waals surface area contributed by atoms with Crippen LogP contribution in [0.4, 0.5) is 8.78 Å². The number of rotatable bonds is 4. The number of methoxy groups -OCH3 is 1. The summed E-state index contributed by atoms with van der Waals surface area (Å²) in [4.78, 5) is 10.8. The van der Waals surface area contributed by atoms with Gasteiger partial charge < -0.3 is 15.6 Å². The average molecular weight is 245 g/mol. The predicted octanol–water partition coefficient (Wildman–Crippen LogP) is 1.89. The van der Waals surface area contributed by atoms with Crippen LogP contribution in [0.2, 0.25) is 0 Å². The number of para-hydroxylation sites is 1. The Morgan fingerprint density at radius 3 is 2.53 bits per heavy atom. The van der Waals surface area contributed by atoms with Gasteiger partial charge in [-0.2, -0.15) is 0 Å². The summed E-state index contributed by atoms with van der Waals surface area (Å²) in [5.74, 6) is -4.62. The zero-order valence-electron chi connectivity index (χ0n) is 9.41. The van der Waals surface area contributed by atoms with Crippen LogP contribution in [0.1, 0.15) is 24.1 Å². The molecule has 0 aromatic heterocycles. The van der Waals surface area contributed by atoms with Gasteiger partial charge in [0, 0.05) is 12.5 Å². The van der Waals surface area contributed by atoms with Crippen molar-refractivity contribution in [1.29, 1.82) is 0 Å². The van der Waals surface area contributed by atoms with Crippen molar-refractivity contribution in [3.63, 3.8) is 0 Å². The number of nitrogens with two attached hydrogens (primary N) is 1. The molecule has 17 heavy (non-hydrogen) atoms. The third-order valence-corrected chi connectivity index (χ3v) is 2.32. The lowest BCUT2D eigenvalue weighted by molar-refractivity contribution is -0.138. The molecule has 0 bridgehead atoms. The number of halogens is 2. The van der Waals surface area contributed by atoms with Gasteiger partial charge in [-0.15, -0.1) is 0 Å². The molecule has 1 rings (SSSR count). The summed E-state index contributed by atoms with van der Waals surface area (Å²) in [6, 6.07) is 2.46. The maximum atomic E-state index is 13.3. The maximum Gasteiger partial charge on any atom is 0.325 e. The Bertz CT molecular complexity index is 429. The fraction of sp³-hybridized carbons (Fsp3) is 0.364.